The Balaban J connectivity index is 2.39. The highest BCUT2D eigenvalue weighted by molar-refractivity contribution is 7.89. The summed E-state index contributed by atoms with van der Waals surface area (Å²) >= 11 is 0. The first-order valence-electron chi connectivity index (χ1n) is 5.04. The average molecular weight is 225 g/mol. The van der Waals surface area contributed by atoms with Crippen LogP contribution in [0.2, 0.25) is 0 Å². The molecule has 1 aromatic carbocycles. The number of rotatable bonds is 2. The summed E-state index contributed by atoms with van der Waals surface area (Å²) in [7, 11) is -2.94. The Morgan fingerprint density at radius 1 is 1.40 bits per heavy atom. The smallest absolute Gasteiger partial charge is 0.151 e. The van der Waals surface area contributed by atoms with Gasteiger partial charge in [0.05, 0.1) is 5.75 Å². The van der Waals surface area contributed by atoms with Crippen LogP contribution in [0, 0.1) is 0 Å². The highest BCUT2D eigenvalue weighted by atomic mass is 32.2. The Hall–Kier alpha value is -0.870. The third kappa shape index (κ3) is 2.58. The van der Waals surface area contributed by atoms with Crippen LogP contribution in [0.15, 0.2) is 18.2 Å². The van der Waals surface area contributed by atoms with Crippen molar-refractivity contribution in [3.8, 4) is 0 Å². The first kappa shape index (κ1) is 10.6. The molecular formula is C11H15NO2S. The average Bonchev–Trinajstić information content (AvgIpc) is 2.16. The fourth-order valence-electron chi connectivity index (χ4n) is 2.00. The molecule has 0 aromatic heterocycles. The molecule has 0 radical (unpaired) electrons. The minimum atomic E-state index is -2.94. The lowest BCUT2D eigenvalue weighted by molar-refractivity contribution is 0.599. The van der Waals surface area contributed by atoms with Crippen molar-refractivity contribution in [2.24, 2.45) is 0 Å². The van der Waals surface area contributed by atoms with Crippen LogP contribution < -0.4 is 5.32 Å². The van der Waals surface area contributed by atoms with Crippen LogP contribution in [-0.2, 0) is 28.6 Å². The molecule has 3 nitrogen and oxygen atoms in total. The van der Waals surface area contributed by atoms with Crippen LogP contribution in [-0.4, -0.2) is 21.2 Å². The molecule has 0 aliphatic carbocycles. The minimum absolute atomic E-state index is 0.151. The molecule has 1 N–H and O–H groups in total. The molecule has 0 saturated heterocycles. The van der Waals surface area contributed by atoms with Gasteiger partial charge in [0.25, 0.3) is 0 Å². The molecule has 0 spiro atoms. The summed E-state index contributed by atoms with van der Waals surface area (Å²) in [4.78, 5) is 0. The summed E-state index contributed by atoms with van der Waals surface area (Å²) in [6.45, 7) is 1.77. The molecule has 4 heteroatoms. The van der Waals surface area contributed by atoms with Gasteiger partial charge >= 0.3 is 0 Å². The number of benzene rings is 1. The predicted octanol–water partition coefficient (Wildman–Crippen LogP) is 0.877. The van der Waals surface area contributed by atoms with Crippen molar-refractivity contribution in [3.05, 3.63) is 34.9 Å². The summed E-state index contributed by atoms with van der Waals surface area (Å²) < 4.78 is 22.5. The third-order valence-corrected chi connectivity index (χ3v) is 3.50. The molecule has 1 aromatic rings. The molecule has 2 rings (SSSR count). The van der Waals surface area contributed by atoms with E-state index >= 15 is 0 Å². The van der Waals surface area contributed by atoms with E-state index in [4.69, 9.17) is 0 Å². The molecule has 0 fully saturated rings. The molecule has 0 amide bonds. The van der Waals surface area contributed by atoms with Crippen molar-refractivity contribution >= 4 is 9.84 Å². The molecule has 0 bridgehead atoms. The highest BCUT2D eigenvalue weighted by Crippen LogP contribution is 2.20. The SMILES string of the molecule is CS(=O)(=O)Cc1cccc2c1CNCC2. The zero-order chi connectivity index (χ0) is 10.9. The van der Waals surface area contributed by atoms with Gasteiger partial charge in [0.1, 0.15) is 0 Å². The van der Waals surface area contributed by atoms with E-state index in [1.54, 1.807) is 0 Å². The van der Waals surface area contributed by atoms with Gasteiger partial charge in [-0.05, 0) is 29.7 Å². The molecule has 15 heavy (non-hydrogen) atoms. The second-order valence-electron chi connectivity index (χ2n) is 4.05. The second-order valence-corrected chi connectivity index (χ2v) is 6.19. The lowest BCUT2D eigenvalue weighted by Gasteiger charge is -2.19. The van der Waals surface area contributed by atoms with Gasteiger partial charge in [-0.25, -0.2) is 8.42 Å². The van der Waals surface area contributed by atoms with E-state index < -0.39 is 9.84 Å². The summed E-state index contributed by atoms with van der Waals surface area (Å²) in [5.74, 6) is 0.151. The summed E-state index contributed by atoms with van der Waals surface area (Å²) in [5.41, 5.74) is 3.41. The van der Waals surface area contributed by atoms with E-state index in [0.717, 1.165) is 25.1 Å². The molecule has 0 unspecified atom stereocenters. The zero-order valence-corrected chi connectivity index (χ0v) is 9.60. The zero-order valence-electron chi connectivity index (χ0n) is 8.79. The third-order valence-electron chi connectivity index (χ3n) is 2.66. The standard InChI is InChI=1S/C11H15NO2S/c1-15(13,14)8-10-4-2-3-9-5-6-12-7-11(9)10/h2-4,12H,5-8H2,1H3. The molecule has 1 aliphatic rings. The fourth-order valence-corrected chi connectivity index (χ4v) is 2.84. The quantitative estimate of drug-likeness (QED) is 0.812. The molecule has 82 valence electrons. The van der Waals surface area contributed by atoms with E-state index in [1.165, 1.54) is 17.4 Å². The second kappa shape index (κ2) is 3.94. The van der Waals surface area contributed by atoms with Crippen molar-refractivity contribution in [3.63, 3.8) is 0 Å². The Kier molecular flexibility index (Phi) is 2.80. The number of hydrogen-bond acceptors (Lipinski definition) is 3. The van der Waals surface area contributed by atoms with E-state index in [2.05, 4.69) is 11.4 Å². The Bertz CT molecular complexity index is 465. The van der Waals surface area contributed by atoms with E-state index in [9.17, 15) is 8.42 Å². The van der Waals surface area contributed by atoms with Gasteiger partial charge in [-0.15, -0.1) is 0 Å². The van der Waals surface area contributed by atoms with Crippen molar-refractivity contribution in [1.82, 2.24) is 5.32 Å². The maximum Gasteiger partial charge on any atom is 0.151 e. The maximum absolute atomic E-state index is 11.3. The number of hydrogen-bond donors (Lipinski definition) is 1. The maximum atomic E-state index is 11.3. The van der Waals surface area contributed by atoms with Crippen LogP contribution in [0.3, 0.4) is 0 Å². The molecule has 0 saturated carbocycles. The fraction of sp³-hybridized carbons (Fsp3) is 0.455. The van der Waals surface area contributed by atoms with Crippen molar-refractivity contribution < 1.29 is 8.42 Å². The van der Waals surface area contributed by atoms with Gasteiger partial charge in [0, 0.05) is 12.8 Å². The Labute approximate surface area is 90.4 Å². The lowest BCUT2D eigenvalue weighted by Crippen LogP contribution is -2.25. The van der Waals surface area contributed by atoms with Gasteiger partial charge < -0.3 is 5.32 Å². The lowest BCUT2D eigenvalue weighted by atomic mass is 9.97. The van der Waals surface area contributed by atoms with Gasteiger partial charge in [-0.3, -0.25) is 0 Å². The summed E-state index contributed by atoms with van der Waals surface area (Å²) in [6, 6.07) is 5.94. The van der Waals surface area contributed by atoms with Gasteiger partial charge in [-0.2, -0.15) is 0 Å². The van der Waals surface area contributed by atoms with E-state index in [-0.39, 0.29) is 5.75 Å². The Morgan fingerprint density at radius 2 is 2.20 bits per heavy atom. The molecule has 1 heterocycles. The van der Waals surface area contributed by atoms with E-state index in [1.807, 2.05) is 12.1 Å². The van der Waals surface area contributed by atoms with Gasteiger partial charge in [0.2, 0.25) is 0 Å². The summed E-state index contributed by atoms with van der Waals surface area (Å²) in [5, 5.41) is 3.27. The monoisotopic (exact) mass is 225 g/mol. The number of nitrogens with one attached hydrogen (secondary N) is 1. The highest BCUT2D eigenvalue weighted by Gasteiger charge is 2.14. The topological polar surface area (TPSA) is 46.2 Å². The van der Waals surface area contributed by atoms with Crippen molar-refractivity contribution in [2.75, 3.05) is 12.8 Å². The molecule has 1 aliphatic heterocycles. The first-order chi connectivity index (χ1) is 7.06. The first-order valence-corrected chi connectivity index (χ1v) is 7.10. The number of sulfone groups is 1. The van der Waals surface area contributed by atoms with Crippen LogP contribution >= 0.6 is 0 Å². The van der Waals surface area contributed by atoms with Crippen LogP contribution in [0.5, 0.6) is 0 Å². The van der Waals surface area contributed by atoms with Gasteiger partial charge in [-0.1, -0.05) is 18.2 Å². The number of fused-ring (bicyclic) bond motifs is 1. The van der Waals surface area contributed by atoms with Gasteiger partial charge in [0.15, 0.2) is 9.84 Å². The van der Waals surface area contributed by atoms with Crippen LogP contribution in [0.25, 0.3) is 0 Å². The predicted molar refractivity (Wildman–Crippen MR) is 60.4 cm³/mol. The van der Waals surface area contributed by atoms with Crippen molar-refractivity contribution in [1.29, 1.82) is 0 Å². The largest absolute Gasteiger partial charge is 0.312 e. The van der Waals surface area contributed by atoms with E-state index in [0.29, 0.717) is 0 Å². The Morgan fingerprint density at radius 3 is 2.93 bits per heavy atom. The molecule has 0 atom stereocenters. The minimum Gasteiger partial charge on any atom is -0.312 e. The van der Waals surface area contributed by atoms with Crippen LogP contribution in [0.4, 0.5) is 0 Å². The normalized spacial score (nSPS) is 16.1. The van der Waals surface area contributed by atoms with Crippen molar-refractivity contribution in [2.45, 2.75) is 18.7 Å². The molecular weight excluding hydrogens is 210 g/mol. The summed E-state index contributed by atoms with van der Waals surface area (Å²) in [6.07, 6.45) is 2.27. The van der Waals surface area contributed by atoms with Crippen LogP contribution in [0.1, 0.15) is 16.7 Å².